The molecule has 0 fully saturated rings. The molecule has 140 valence electrons. The van der Waals surface area contributed by atoms with Gasteiger partial charge in [0.15, 0.2) is 5.16 Å². The summed E-state index contributed by atoms with van der Waals surface area (Å²) in [5, 5.41) is 1.59. The quantitative estimate of drug-likeness (QED) is 0.322. The number of hydrogen-bond donors (Lipinski definition) is 0. The molecule has 1 aliphatic rings. The van der Waals surface area contributed by atoms with Gasteiger partial charge in [-0.25, -0.2) is 4.98 Å². The van der Waals surface area contributed by atoms with Crippen LogP contribution in [-0.4, -0.2) is 15.3 Å². The molecule has 0 N–H and O–H groups in total. The highest BCUT2D eigenvalue weighted by atomic mass is 32.2. The zero-order valence-corrected chi connectivity index (χ0v) is 17.3. The molecule has 0 unspecified atom stereocenters. The molecule has 28 heavy (non-hydrogen) atoms. The van der Waals surface area contributed by atoms with Gasteiger partial charge in [0.25, 0.3) is 5.56 Å². The van der Waals surface area contributed by atoms with Crippen molar-refractivity contribution in [2.24, 2.45) is 0 Å². The van der Waals surface area contributed by atoms with Gasteiger partial charge in [-0.3, -0.25) is 9.36 Å². The SMILES string of the molecule is CCCSc1nc2sc3c(c2c(=O)n1-c1ccccc1)CCc1ccccc1-3. The second-order valence-corrected chi connectivity index (χ2v) is 9.03. The molecule has 0 atom stereocenters. The number of thioether (sulfide) groups is 1. The van der Waals surface area contributed by atoms with E-state index >= 15 is 0 Å². The van der Waals surface area contributed by atoms with E-state index in [1.165, 1.54) is 21.6 Å². The Balaban J connectivity index is 1.81. The van der Waals surface area contributed by atoms with Crippen LogP contribution in [0.3, 0.4) is 0 Å². The number of rotatable bonds is 4. The molecule has 0 amide bonds. The van der Waals surface area contributed by atoms with Crippen molar-refractivity contribution in [2.75, 3.05) is 5.75 Å². The van der Waals surface area contributed by atoms with Crippen molar-refractivity contribution in [3.8, 4) is 16.1 Å². The van der Waals surface area contributed by atoms with Crippen LogP contribution in [0.2, 0.25) is 0 Å². The van der Waals surface area contributed by atoms with E-state index in [0.717, 1.165) is 46.1 Å². The van der Waals surface area contributed by atoms with Crippen LogP contribution >= 0.6 is 23.1 Å². The molecular weight excluding hydrogens is 384 g/mol. The number of para-hydroxylation sites is 1. The third-order valence-corrected chi connectivity index (χ3v) is 7.45. The van der Waals surface area contributed by atoms with Gasteiger partial charge in [0.05, 0.1) is 11.1 Å². The number of thiophene rings is 1. The largest absolute Gasteiger partial charge is 0.268 e. The molecule has 0 spiro atoms. The summed E-state index contributed by atoms with van der Waals surface area (Å²) in [5.74, 6) is 0.943. The first kappa shape index (κ1) is 17.7. The van der Waals surface area contributed by atoms with Crippen LogP contribution in [0.1, 0.15) is 24.5 Å². The van der Waals surface area contributed by atoms with Crippen molar-refractivity contribution < 1.29 is 0 Å². The summed E-state index contributed by atoms with van der Waals surface area (Å²) in [5.41, 5.74) is 4.75. The van der Waals surface area contributed by atoms with Crippen LogP contribution in [0.25, 0.3) is 26.3 Å². The molecule has 0 saturated heterocycles. The van der Waals surface area contributed by atoms with Gasteiger partial charge in [-0.2, -0.15) is 0 Å². The van der Waals surface area contributed by atoms with Crippen molar-refractivity contribution in [3.05, 3.63) is 76.1 Å². The van der Waals surface area contributed by atoms with E-state index in [4.69, 9.17) is 4.98 Å². The van der Waals surface area contributed by atoms with Gasteiger partial charge in [-0.05, 0) is 48.1 Å². The molecule has 2 heterocycles. The monoisotopic (exact) mass is 404 g/mol. The lowest BCUT2D eigenvalue weighted by Gasteiger charge is -2.16. The van der Waals surface area contributed by atoms with Gasteiger partial charge < -0.3 is 0 Å². The van der Waals surface area contributed by atoms with E-state index < -0.39 is 0 Å². The standard InChI is InChI=1S/C23H20N2OS2/c1-2-14-27-23-24-21-19(22(26)25(23)16-9-4-3-5-10-16)18-13-12-15-8-6-7-11-17(15)20(18)28-21/h3-11H,2,12-14H2,1H3. The normalized spacial score (nSPS) is 12.8. The molecule has 4 aromatic rings. The maximum Gasteiger partial charge on any atom is 0.267 e. The van der Waals surface area contributed by atoms with Gasteiger partial charge in [0.1, 0.15) is 4.83 Å². The Labute approximate surface area is 172 Å². The lowest BCUT2D eigenvalue weighted by atomic mass is 9.90. The van der Waals surface area contributed by atoms with Crippen molar-refractivity contribution in [1.82, 2.24) is 9.55 Å². The van der Waals surface area contributed by atoms with Crippen LogP contribution in [0, 0.1) is 0 Å². The number of benzene rings is 2. The lowest BCUT2D eigenvalue weighted by molar-refractivity contribution is 0.819. The van der Waals surface area contributed by atoms with Gasteiger partial charge in [-0.1, -0.05) is 61.2 Å². The summed E-state index contributed by atoms with van der Waals surface area (Å²) in [6.45, 7) is 2.15. The van der Waals surface area contributed by atoms with Crippen molar-refractivity contribution in [2.45, 2.75) is 31.3 Å². The zero-order valence-electron chi connectivity index (χ0n) is 15.6. The smallest absolute Gasteiger partial charge is 0.267 e. The summed E-state index contributed by atoms with van der Waals surface area (Å²) >= 11 is 3.33. The third kappa shape index (κ3) is 2.81. The maximum absolute atomic E-state index is 13.7. The molecule has 0 saturated carbocycles. The molecule has 2 aromatic carbocycles. The number of aromatic nitrogens is 2. The Morgan fingerprint density at radius 2 is 1.86 bits per heavy atom. The molecule has 0 bridgehead atoms. The third-order valence-electron chi connectivity index (χ3n) is 5.15. The molecule has 5 heteroatoms. The molecule has 1 aliphatic carbocycles. The van der Waals surface area contributed by atoms with E-state index in [9.17, 15) is 4.79 Å². The summed E-state index contributed by atoms with van der Waals surface area (Å²) in [4.78, 5) is 20.7. The van der Waals surface area contributed by atoms with Crippen LogP contribution in [0.5, 0.6) is 0 Å². The van der Waals surface area contributed by atoms with Crippen molar-refractivity contribution >= 4 is 33.3 Å². The predicted octanol–water partition coefficient (Wildman–Crippen LogP) is 5.71. The Morgan fingerprint density at radius 1 is 1.07 bits per heavy atom. The van der Waals surface area contributed by atoms with E-state index in [2.05, 4.69) is 31.2 Å². The predicted molar refractivity (Wildman–Crippen MR) is 119 cm³/mol. The molecule has 2 aromatic heterocycles. The highest BCUT2D eigenvalue weighted by Crippen LogP contribution is 2.42. The first-order chi connectivity index (χ1) is 13.8. The molecule has 5 rings (SSSR count). The summed E-state index contributed by atoms with van der Waals surface area (Å²) in [7, 11) is 0. The first-order valence-electron chi connectivity index (χ1n) is 9.63. The van der Waals surface area contributed by atoms with Crippen LogP contribution in [0.4, 0.5) is 0 Å². The van der Waals surface area contributed by atoms with Crippen LogP contribution in [-0.2, 0) is 12.8 Å². The molecule has 0 aliphatic heterocycles. The van der Waals surface area contributed by atoms with Crippen molar-refractivity contribution in [3.63, 3.8) is 0 Å². The van der Waals surface area contributed by atoms with E-state index in [1.807, 2.05) is 30.3 Å². The second-order valence-electron chi connectivity index (χ2n) is 6.97. The Kier molecular flexibility index (Phi) is 4.57. The highest BCUT2D eigenvalue weighted by Gasteiger charge is 2.25. The van der Waals surface area contributed by atoms with Gasteiger partial charge in [0, 0.05) is 10.6 Å². The minimum absolute atomic E-state index is 0.0617. The van der Waals surface area contributed by atoms with Gasteiger partial charge >= 0.3 is 0 Å². The summed E-state index contributed by atoms with van der Waals surface area (Å²) in [6.07, 6.45) is 2.92. The average molecular weight is 405 g/mol. The van der Waals surface area contributed by atoms with E-state index in [-0.39, 0.29) is 5.56 Å². The van der Waals surface area contributed by atoms with Crippen LogP contribution < -0.4 is 5.56 Å². The summed E-state index contributed by atoms with van der Waals surface area (Å²) < 4.78 is 1.80. The molecule has 3 nitrogen and oxygen atoms in total. The number of fused-ring (bicyclic) bond motifs is 5. The van der Waals surface area contributed by atoms with Crippen molar-refractivity contribution in [1.29, 1.82) is 0 Å². The maximum atomic E-state index is 13.7. The van der Waals surface area contributed by atoms with Crippen LogP contribution in [0.15, 0.2) is 64.5 Å². The summed E-state index contributed by atoms with van der Waals surface area (Å²) in [6, 6.07) is 18.4. The minimum atomic E-state index is 0.0617. The Hall–Kier alpha value is -2.37. The second kappa shape index (κ2) is 7.22. The van der Waals surface area contributed by atoms with Gasteiger partial charge in [0.2, 0.25) is 0 Å². The van der Waals surface area contributed by atoms with E-state index in [1.54, 1.807) is 27.7 Å². The fourth-order valence-corrected chi connectivity index (χ4v) is 6.05. The molecular formula is C23H20N2OS2. The number of hydrogen-bond acceptors (Lipinski definition) is 4. The minimum Gasteiger partial charge on any atom is -0.268 e. The fraction of sp³-hybridized carbons (Fsp3) is 0.217. The number of nitrogens with zero attached hydrogens (tertiary/aromatic N) is 2. The zero-order chi connectivity index (χ0) is 19.1. The lowest BCUT2D eigenvalue weighted by Crippen LogP contribution is -2.22. The van der Waals surface area contributed by atoms with Gasteiger partial charge in [-0.15, -0.1) is 11.3 Å². The Morgan fingerprint density at radius 3 is 2.68 bits per heavy atom. The molecule has 0 radical (unpaired) electrons. The highest BCUT2D eigenvalue weighted by molar-refractivity contribution is 7.99. The average Bonchev–Trinajstić information content (AvgIpc) is 3.12. The number of aryl methyl sites for hydroxylation is 2. The fourth-order valence-electron chi connectivity index (χ4n) is 3.86. The topological polar surface area (TPSA) is 34.9 Å². The first-order valence-corrected chi connectivity index (χ1v) is 11.4. The van der Waals surface area contributed by atoms with E-state index in [0.29, 0.717) is 0 Å². The Bertz CT molecular complexity index is 1220.